The molecule has 6 nitrogen and oxygen atoms in total. The van der Waals surface area contributed by atoms with Crippen LogP contribution in [0.5, 0.6) is 5.75 Å². The number of anilines is 1. The van der Waals surface area contributed by atoms with E-state index in [-0.39, 0.29) is 5.91 Å². The van der Waals surface area contributed by atoms with Crippen molar-refractivity contribution in [1.82, 2.24) is 14.6 Å². The first-order valence-electron chi connectivity index (χ1n) is 8.09. The molecule has 1 amide bonds. The zero-order valence-electron chi connectivity index (χ0n) is 13.6. The van der Waals surface area contributed by atoms with E-state index in [1.165, 1.54) is 16.9 Å². The average Bonchev–Trinajstić information content (AvgIpc) is 3.30. The van der Waals surface area contributed by atoms with Crippen molar-refractivity contribution in [2.75, 3.05) is 11.9 Å². The second-order valence-electron chi connectivity index (χ2n) is 5.67. The highest BCUT2D eigenvalue weighted by Gasteiger charge is 2.17. The molecule has 0 bridgehead atoms. The maximum Gasteiger partial charge on any atom is 0.271 e. The SMILES string of the molecule is CCc1nnsc1C(=O)Nc1nc(-c2ccc3c(c2)CCCO3)cs1. The first-order chi connectivity index (χ1) is 12.2. The predicted octanol–water partition coefficient (Wildman–Crippen LogP) is 3.80. The van der Waals surface area contributed by atoms with E-state index in [1.807, 2.05) is 24.4 Å². The summed E-state index contributed by atoms with van der Waals surface area (Å²) >= 11 is 2.52. The van der Waals surface area contributed by atoms with Crippen molar-refractivity contribution >= 4 is 33.9 Å². The Morgan fingerprint density at radius 1 is 1.40 bits per heavy atom. The van der Waals surface area contributed by atoms with E-state index in [1.54, 1.807) is 0 Å². The number of hydrogen-bond donors (Lipinski definition) is 1. The molecule has 3 aromatic rings. The number of rotatable bonds is 4. The third-order valence-electron chi connectivity index (χ3n) is 4.03. The highest BCUT2D eigenvalue weighted by molar-refractivity contribution is 7.14. The van der Waals surface area contributed by atoms with Crippen LogP contribution in [0.2, 0.25) is 0 Å². The molecular formula is C17H16N4O2S2. The Morgan fingerprint density at radius 2 is 2.32 bits per heavy atom. The van der Waals surface area contributed by atoms with Gasteiger partial charge in [-0.3, -0.25) is 10.1 Å². The number of carbonyl (C=O) groups excluding carboxylic acids is 1. The smallest absolute Gasteiger partial charge is 0.271 e. The number of carbonyl (C=O) groups is 1. The molecule has 0 saturated heterocycles. The monoisotopic (exact) mass is 372 g/mol. The lowest BCUT2D eigenvalue weighted by Crippen LogP contribution is -2.12. The van der Waals surface area contributed by atoms with Crippen LogP contribution >= 0.6 is 22.9 Å². The number of aromatic nitrogens is 3. The molecule has 0 aliphatic carbocycles. The molecule has 8 heteroatoms. The Balaban J connectivity index is 1.53. The topological polar surface area (TPSA) is 77.0 Å². The molecular weight excluding hydrogens is 356 g/mol. The molecule has 1 aliphatic rings. The number of aryl methyl sites for hydroxylation is 2. The summed E-state index contributed by atoms with van der Waals surface area (Å²) in [6.07, 6.45) is 2.74. The molecule has 1 N–H and O–H groups in total. The predicted molar refractivity (Wildman–Crippen MR) is 98.6 cm³/mol. The molecule has 0 fully saturated rings. The van der Waals surface area contributed by atoms with Gasteiger partial charge in [0.15, 0.2) is 5.13 Å². The standard InChI is InChI=1S/C17H16N4O2S2/c1-2-12-15(25-21-20-12)16(22)19-17-18-13(9-24-17)10-5-6-14-11(8-10)4-3-7-23-14/h5-6,8-9H,2-4,7H2,1H3,(H,18,19,22). The summed E-state index contributed by atoms with van der Waals surface area (Å²) in [6, 6.07) is 6.13. The maximum atomic E-state index is 12.4. The summed E-state index contributed by atoms with van der Waals surface area (Å²) in [5.74, 6) is 0.759. The normalized spacial score (nSPS) is 13.2. The van der Waals surface area contributed by atoms with Crippen molar-refractivity contribution < 1.29 is 9.53 Å². The van der Waals surface area contributed by atoms with Crippen LogP contribution in [0.15, 0.2) is 23.6 Å². The number of nitrogens with zero attached hydrogens (tertiary/aromatic N) is 3. The number of fused-ring (bicyclic) bond motifs is 1. The van der Waals surface area contributed by atoms with Crippen molar-refractivity contribution in [2.24, 2.45) is 0 Å². The fraction of sp³-hybridized carbons (Fsp3) is 0.294. The number of thiazole rings is 1. The van der Waals surface area contributed by atoms with Gasteiger partial charge in [-0.25, -0.2) is 4.98 Å². The van der Waals surface area contributed by atoms with Crippen molar-refractivity contribution in [2.45, 2.75) is 26.2 Å². The van der Waals surface area contributed by atoms with Crippen LogP contribution in [0.3, 0.4) is 0 Å². The van der Waals surface area contributed by atoms with Crippen LogP contribution in [-0.2, 0) is 12.8 Å². The lowest BCUT2D eigenvalue weighted by atomic mass is 10.0. The fourth-order valence-electron chi connectivity index (χ4n) is 2.75. The first-order valence-corrected chi connectivity index (χ1v) is 9.74. The van der Waals surface area contributed by atoms with Crippen LogP contribution in [0.4, 0.5) is 5.13 Å². The maximum absolute atomic E-state index is 12.4. The van der Waals surface area contributed by atoms with Gasteiger partial charge in [-0.1, -0.05) is 11.4 Å². The van der Waals surface area contributed by atoms with Crippen LogP contribution in [0, 0.1) is 0 Å². The second kappa shape index (κ2) is 6.89. The molecule has 0 unspecified atom stereocenters. The summed E-state index contributed by atoms with van der Waals surface area (Å²) in [7, 11) is 0. The van der Waals surface area contributed by atoms with Gasteiger partial charge in [0.25, 0.3) is 5.91 Å². The molecule has 0 spiro atoms. The first kappa shape index (κ1) is 16.2. The number of hydrogen-bond acceptors (Lipinski definition) is 7. The van der Waals surface area contributed by atoms with Gasteiger partial charge in [-0.2, -0.15) is 0 Å². The van der Waals surface area contributed by atoms with Crippen molar-refractivity contribution in [3.05, 3.63) is 39.7 Å². The molecule has 1 aliphatic heterocycles. The molecule has 128 valence electrons. The van der Waals surface area contributed by atoms with Gasteiger partial charge < -0.3 is 4.74 Å². The largest absolute Gasteiger partial charge is 0.493 e. The van der Waals surface area contributed by atoms with Gasteiger partial charge in [0, 0.05) is 10.9 Å². The van der Waals surface area contributed by atoms with Crippen molar-refractivity contribution in [3.63, 3.8) is 0 Å². The lowest BCUT2D eigenvalue weighted by Gasteiger charge is -2.17. The van der Waals surface area contributed by atoms with E-state index < -0.39 is 0 Å². The minimum absolute atomic E-state index is 0.202. The number of ether oxygens (including phenoxy) is 1. The van der Waals surface area contributed by atoms with E-state index in [2.05, 4.69) is 26.0 Å². The zero-order valence-corrected chi connectivity index (χ0v) is 15.2. The molecule has 4 rings (SSSR count). The van der Waals surface area contributed by atoms with Crippen LogP contribution in [-0.4, -0.2) is 27.1 Å². The quantitative estimate of drug-likeness (QED) is 0.754. The molecule has 25 heavy (non-hydrogen) atoms. The van der Waals surface area contributed by atoms with Gasteiger partial charge >= 0.3 is 0 Å². The average molecular weight is 372 g/mol. The molecule has 2 aromatic heterocycles. The summed E-state index contributed by atoms with van der Waals surface area (Å²) in [5.41, 5.74) is 3.82. The van der Waals surface area contributed by atoms with E-state index in [4.69, 9.17) is 4.74 Å². The van der Waals surface area contributed by atoms with E-state index in [0.29, 0.717) is 22.1 Å². The van der Waals surface area contributed by atoms with Gasteiger partial charge in [-0.05, 0) is 54.6 Å². The highest BCUT2D eigenvalue weighted by Crippen LogP contribution is 2.31. The van der Waals surface area contributed by atoms with Gasteiger partial charge in [0.2, 0.25) is 0 Å². The number of amides is 1. The van der Waals surface area contributed by atoms with E-state index >= 15 is 0 Å². The zero-order chi connectivity index (χ0) is 17.2. The summed E-state index contributed by atoms with van der Waals surface area (Å²) < 4.78 is 9.50. The Hall–Kier alpha value is -2.32. The molecule has 3 heterocycles. The minimum atomic E-state index is -0.202. The van der Waals surface area contributed by atoms with Gasteiger partial charge in [0.1, 0.15) is 10.6 Å². The Kier molecular flexibility index (Phi) is 4.46. The van der Waals surface area contributed by atoms with Crippen LogP contribution in [0.1, 0.15) is 34.3 Å². The third-order valence-corrected chi connectivity index (χ3v) is 5.55. The van der Waals surface area contributed by atoms with Gasteiger partial charge in [0.05, 0.1) is 18.0 Å². The Morgan fingerprint density at radius 3 is 3.20 bits per heavy atom. The summed E-state index contributed by atoms with van der Waals surface area (Å²) in [5, 5.41) is 9.34. The molecule has 0 radical (unpaired) electrons. The highest BCUT2D eigenvalue weighted by atomic mass is 32.1. The lowest BCUT2D eigenvalue weighted by molar-refractivity contribution is 0.102. The molecule has 0 saturated carbocycles. The summed E-state index contributed by atoms with van der Waals surface area (Å²) in [4.78, 5) is 17.5. The molecule has 0 atom stereocenters. The van der Waals surface area contributed by atoms with E-state index in [9.17, 15) is 4.79 Å². The van der Waals surface area contributed by atoms with E-state index in [0.717, 1.165) is 48.0 Å². The van der Waals surface area contributed by atoms with Gasteiger partial charge in [-0.15, -0.1) is 16.4 Å². The molecule has 1 aromatic carbocycles. The number of benzene rings is 1. The van der Waals surface area contributed by atoms with Crippen molar-refractivity contribution in [3.8, 4) is 17.0 Å². The van der Waals surface area contributed by atoms with Crippen molar-refractivity contribution in [1.29, 1.82) is 0 Å². The van der Waals surface area contributed by atoms with Crippen LogP contribution in [0.25, 0.3) is 11.3 Å². The Labute approximate surface area is 153 Å². The minimum Gasteiger partial charge on any atom is -0.493 e. The summed E-state index contributed by atoms with van der Waals surface area (Å²) in [6.45, 7) is 2.74. The second-order valence-corrected chi connectivity index (χ2v) is 7.28. The fourth-order valence-corrected chi connectivity index (χ4v) is 4.11. The number of nitrogens with one attached hydrogen (secondary N) is 1. The Bertz CT molecular complexity index is 919. The third kappa shape index (κ3) is 3.27. The van der Waals surface area contributed by atoms with Crippen LogP contribution < -0.4 is 10.1 Å².